The predicted octanol–water partition coefficient (Wildman–Crippen LogP) is 4.82. The van der Waals surface area contributed by atoms with Gasteiger partial charge >= 0.3 is 11.9 Å². The molecule has 14 nitrogen and oxygen atoms in total. The summed E-state index contributed by atoms with van der Waals surface area (Å²) in [5.41, 5.74) is 2.00. The summed E-state index contributed by atoms with van der Waals surface area (Å²) >= 11 is 0. The summed E-state index contributed by atoms with van der Waals surface area (Å²) < 4.78 is 58.3. The lowest BCUT2D eigenvalue weighted by atomic mass is 9.95. The van der Waals surface area contributed by atoms with Crippen LogP contribution in [0.1, 0.15) is 71.0 Å². The van der Waals surface area contributed by atoms with Gasteiger partial charge < -0.3 is 24.3 Å². The zero-order chi connectivity index (χ0) is 39.9. The van der Waals surface area contributed by atoms with E-state index in [0.717, 1.165) is 49.8 Å². The van der Waals surface area contributed by atoms with Crippen LogP contribution >= 0.6 is 0 Å². The van der Waals surface area contributed by atoms with Gasteiger partial charge in [-0.15, -0.1) is 17.4 Å². The van der Waals surface area contributed by atoms with Crippen LogP contribution in [-0.4, -0.2) is 85.1 Å². The van der Waals surface area contributed by atoms with E-state index in [2.05, 4.69) is 21.5 Å². The average molecular weight is 787 g/mol. The molecule has 296 valence electrons. The van der Waals surface area contributed by atoms with Crippen molar-refractivity contribution < 1.29 is 45.9 Å². The van der Waals surface area contributed by atoms with E-state index < -0.39 is 65.2 Å². The molecular weight excluding hydrogens is 741 g/mol. The van der Waals surface area contributed by atoms with Crippen molar-refractivity contribution in [3.63, 3.8) is 0 Å². The van der Waals surface area contributed by atoms with Crippen molar-refractivity contribution in [1.29, 1.82) is 0 Å². The fourth-order valence-electron chi connectivity index (χ4n) is 6.02. The number of hydrogen-bond acceptors (Lipinski definition) is 12. The Bertz CT molecular complexity index is 2040. The van der Waals surface area contributed by atoms with Gasteiger partial charge in [-0.3, -0.25) is 8.98 Å². The van der Waals surface area contributed by atoms with Crippen molar-refractivity contribution in [1.82, 2.24) is 20.3 Å². The summed E-state index contributed by atoms with van der Waals surface area (Å²) in [6.07, 6.45) is 6.97. The first-order valence-corrected chi connectivity index (χ1v) is 19.8. The van der Waals surface area contributed by atoms with Gasteiger partial charge in [0.2, 0.25) is 5.91 Å². The number of hydrogen-bond donors (Lipinski definition) is 1. The minimum Gasteiger partial charge on any atom is -0.452 e. The summed E-state index contributed by atoms with van der Waals surface area (Å²) in [4.78, 5) is 39.8. The third-order valence-corrected chi connectivity index (χ3v) is 10.2. The van der Waals surface area contributed by atoms with E-state index in [0.29, 0.717) is 0 Å². The van der Waals surface area contributed by atoms with E-state index >= 15 is 0 Å². The van der Waals surface area contributed by atoms with Crippen LogP contribution < -0.4 is 5.32 Å². The number of nitrogens with one attached hydrogen (secondary N) is 1. The minimum absolute atomic E-state index is 0.0152. The largest absolute Gasteiger partial charge is 0.452 e. The van der Waals surface area contributed by atoms with Crippen molar-refractivity contribution in [3.8, 4) is 12.3 Å². The molecule has 5 rings (SSSR count). The van der Waals surface area contributed by atoms with Crippen LogP contribution in [0.4, 0.5) is 0 Å². The predicted molar refractivity (Wildman–Crippen MR) is 203 cm³/mol. The van der Waals surface area contributed by atoms with Gasteiger partial charge in [0.1, 0.15) is 12.1 Å². The second-order valence-corrected chi connectivity index (χ2v) is 14.9. The number of esters is 2. The zero-order valence-corrected chi connectivity index (χ0v) is 32.1. The Hall–Kier alpha value is -5.40. The molecule has 15 heteroatoms. The van der Waals surface area contributed by atoms with Gasteiger partial charge in [0.05, 0.1) is 41.5 Å². The molecule has 0 aliphatic carbocycles. The first-order valence-electron chi connectivity index (χ1n) is 18.4. The van der Waals surface area contributed by atoms with Crippen LogP contribution in [0.3, 0.4) is 0 Å². The Morgan fingerprint density at radius 2 is 1.50 bits per heavy atom. The molecule has 5 atom stereocenters. The van der Waals surface area contributed by atoms with Gasteiger partial charge in [0.15, 0.2) is 18.5 Å². The molecule has 1 aliphatic heterocycles. The maximum atomic E-state index is 13.6. The van der Waals surface area contributed by atoms with E-state index in [1.807, 2.05) is 13.1 Å². The molecule has 1 fully saturated rings. The van der Waals surface area contributed by atoms with Crippen LogP contribution in [-0.2, 0) is 51.0 Å². The lowest BCUT2D eigenvalue weighted by Crippen LogP contribution is -2.66. The number of amides is 1. The standard InChI is InChI=1S/C41H46N4O10S/c1-4-5-6-7-8-15-20-33-27-45(44-43-33)25-26-51-41-36(42-30(3)46)38(55-40(48)32-18-13-10-14-19-32)37(54-39(47)31-16-11-9-12-17-31)35(53-41)28-52-56(49,50)34-23-21-29(2)22-24-34/h1,9-14,16-19,21-24,27,35-38,41H,5-8,15,20,25-26,28H2,2-3H3,(H,42,46)/t35-,36-,37-,38-,41+/m1/s1. The molecule has 1 aliphatic rings. The van der Waals surface area contributed by atoms with E-state index in [9.17, 15) is 22.8 Å². The highest BCUT2D eigenvalue weighted by Crippen LogP contribution is 2.30. The van der Waals surface area contributed by atoms with Gasteiger partial charge in [-0.05, 0) is 62.6 Å². The van der Waals surface area contributed by atoms with Crippen molar-refractivity contribution in [2.45, 2.75) is 94.5 Å². The highest BCUT2D eigenvalue weighted by atomic mass is 32.2. The molecular formula is C41H46N4O10S. The number of rotatable bonds is 19. The highest BCUT2D eigenvalue weighted by molar-refractivity contribution is 7.86. The molecule has 0 bridgehead atoms. The topological polar surface area (TPSA) is 174 Å². The van der Waals surface area contributed by atoms with Crippen LogP contribution in [0.25, 0.3) is 0 Å². The van der Waals surface area contributed by atoms with E-state index in [-0.39, 0.29) is 29.2 Å². The van der Waals surface area contributed by atoms with Crippen LogP contribution in [0, 0.1) is 19.3 Å². The maximum absolute atomic E-state index is 13.6. The Kier molecular flexibility index (Phi) is 15.3. The van der Waals surface area contributed by atoms with Crippen molar-refractivity contribution in [2.75, 3.05) is 13.2 Å². The Morgan fingerprint density at radius 1 is 0.875 bits per heavy atom. The normalized spacial score (nSPS) is 19.4. The summed E-state index contributed by atoms with van der Waals surface area (Å²) in [6, 6.07) is 21.0. The van der Waals surface area contributed by atoms with Gasteiger partial charge in [-0.25, -0.2) is 14.3 Å². The molecule has 0 unspecified atom stereocenters. The lowest BCUT2D eigenvalue weighted by molar-refractivity contribution is -0.268. The number of unbranched alkanes of at least 4 members (excludes halogenated alkanes) is 4. The number of aromatic nitrogens is 3. The zero-order valence-electron chi connectivity index (χ0n) is 31.3. The number of terminal acetylenes is 1. The number of carbonyl (C=O) groups excluding carboxylic acids is 3. The van der Waals surface area contributed by atoms with Crippen LogP contribution in [0.15, 0.2) is 96.0 Å². The second-order valence-electron chi connectivity index (χ2n) is 13.3. The highest BCUT2D eigenvalue weighted by Gasteiger charge is 2.52. The van der Waals surface area contributed by atoms with Crippen molar-refractivity contribution in [2.24, 2.45) is 0 Å². The lowest BCUT2D eigenvalue weighted by Gasteiger charge is -2.45. The van der Waals surface area contributed by atoms with Gasteiger partial charge in [-0.2, -0.15) is 8.42 Å². The second kappa shape index (κ2) is 20.5. The van der Waals surface area contributed by atoms with Gasteiger partial charge in [-0.1, -0.05) is 72.1 Å². The molecule has 0 saturated carbocycles. The Balaban J connectivity index is 1.41. The van der Waals surface area contributed by atoms with Crippen LogP contribution in [0.2, 0.25) is 0 Å². The number of carbonyl (C=O) groups is 3. The SMILES string of the molecule is C#CCCCCCCc1cn(CCO[C@H]2O[C@H](COS(=O)(=O)c3ccc(C)cc3)[C@@H](OC(=O)c3ccccc3)[C@H](OC(=O)c3ccccc3)[C@H]2NC(C)=O)nn1. The maximum Gasteiger partial charge on any atom is 0.338 e. The first kappa shape index (κ1) is 41.8. The monoisotopic (exact) mass is 786 g/mol. The summed E-state index contributed by atoms with van der Waals surface area (Å²) in [6.45, 7) is 2.61. The number of nitrogens with zero attached hydrogens (tertiary/aromatic N) is 3. The summed E-state index contributed by atoms with van der Waals surface area (Å²) in [7, 11) is -4.34. The minimum atomic E-state index is -4.34. The number of benzene rings is 3. The van der Waals surface area contributed by atoms with E-state index in [4.69, 9.17) is 29.6 Å². The molecule has 4 aromatic rings. The molecule has 3 aromatic carbocycles. The summed E-state index contributed by atoms with van der Waals surface area (Å²) in [5.74, 6) is 0.503. The van der Waals surface area contributed by atoms with Gasteiger partial charge in [0, 0.05) is 19.5 Å². The number of aryl methyl sites for hydroxylation is 2. The van der Waals surface area contributed by atoms with Gasteiger partial charge in [0.25, 0.3) is 10.1 Å². The molecule has 0 spiro atoms. The quantitative estimate of drug-likeness (QED) is 0.0596. The molecule has 2 heterocycles. The summed E-state index contributed by atoms with van der Waals surface area (Å²) in [5, 5.41) is 11.2. The fraction of sp³-hybridized carbons (Fsp3) is 0.390. The molecule has 1 saturated heterocycles. The number of ether oxygens (including phenoxy) is 4. The van der Waals surface area contributed by atoms with Crippen LogP contribution in [0.5, 0.6) is 0 Å². The molecule has 1 N–H and O–H groups in total. The Labute approximate surface area is 326 Å². The fourth-order valence-corrected chi connectivity index (χ4v) is 6.94. The van der Waals surface area contributed by atoms with E-state index in [1.165, 1.54) is 43.3 Å². The third-order valence-electron chi connectivity index (χ3n) is 8.91. The third kappa shape index (κ3) is 12.0. The van der Waals surface area contributed by atoms with Crippen molar-refractivity contribution >= 4 is 28.0 Å². The smallest absolute Gasteiger partial charge is 0.338 e. The van der Waals surface area contributed by atoms with Crippen molar-refractivity contribution in [3.05, 3.63) is 114 Å². The van der Waals surface area contributed by atoms with E-state index in [1.54, 1.807) is 53.2 Å². The molecule has 1 amide bonds. The molecule has 56 heavy (non-hydrogen) atoms. The molecule has 1 aromatic heterocycles. The molecule has 0 radical (unpaired) electrons. The first-order chi connectivity index (χ1) is 27.0. The average Bonchev–Trinajstić information content (AvgIpc) is 3.65. The Morgan fingerprint density at radius 3 is 2.12 bits per heavy atom.